The fourth-order valence-electron chi connectivity index (χ4n) is 1.90. The van der Waals surface area contributed by atoms with Gasteiger partial charge in [0.05, 0.1) is 0 Å². The standard InChI is InChI=1S/C12H11N3/c1-14-11-6-3-2-5-10(11)9-12(14)15-8-4-7-13-15/h2-9H,1H3. The summed E-state index contributed by atoms with van der Waals surface area (Å²) in [6.45, 7) is 0. The second-order valence-electron chi connectivity index (χ2n) is 3.57. The van der Waals surface area contributed by atoms with Crippen LogP contribution in [0.15, 0.2) is 48.8 Å². The molecule has 0 bridgehead atoms. The van der Waals surface area contributed by atoms with Crippen LogP contribution >= 0.6 is 0 Å². The average Bonchev–Trinajstić information content (AvgIpc) is 2.87. The number of rotatable bonds is 1. The van der Waals surface area contributed by atoms with Gasteiger partial charge in [0, 0.05) is 30.3 Å². The van der Waals surface area contributed by atoms with E-state index in [4.69, 9.17) is 0 Å². The highest BCUT2D eigenvalue weighted by molar-refractivity contribution is 5.82. The lowest BCUT2D eigenvalue weighted by Gasteiger charge is -2.02. The number of benzene rings is 1. The van der Waals surface area contributed by atoms with E-state index in [1.54, 1.807) is 6.20 Å². The van der Waals surface area contributed by atoms with Crippen LogP contribution in [-0.4, -0.2) is 14.3 Å². The number of para-hydroxylation sites is 1. The van der Waals surface area contributed by atoms with Gasteiger partial charge in [0.25, 0.3) is 0 Å². The van der Waals surface area contributed by atoms with Crippen LogP contribution in [0.3, 0.4) is 0 Å². The van der Waals surface area contributed by atoms with E-state index in [1.807, 2.05) is 16.9 Å². The van der Waals surface area contributed by atoms with Crippen molar-refractivity contribution in [2.24, 2.45) is 7.05 Å². The summed E-state index contributed by atoms with van der Waals surface area (Å²) >= 11 is 0. The highest BCUT2D eigenvalue weighted by atomic mass is 15.3. The van der Waals surface area contributed by atoms with Gasteiger partial charge in [-0.25, -0.2) is 4.68 Å². The van der Waals surface area contributed by atoms with Crippen LogP contribution in [0.2, 0.25) is 0 Å². The van der Waals surface area contributed by atoms with E-state index in [1.165, 1.54) is 10.9 Å². The van der Waals surface area contributed by atoms with Crippen LogP contribution in [0.25, 0.3) is 16.7 Å². The Morgan fingerprint density at radius 1 is 1.13 bits per heavy atom. The third-order valence-electron chi connectivity index (χ3n) is 2.67. The summed E-state index contributed by atoms with van der Waals surface area (Å²) in [6.07, 6.45) is 3.74. The van der Waals surface area contributed by atoms with Gasteiger partial charge in [-0.05, 0) is 18.2 Å². The maximum Gasteiger partial charge on any atom is 0.134 e. The molecule has 0 amide bonds. The van der Waals surface area contributed by atoms with Crippen molar-refractivity contribution in [2.75, 3.05) is 0 Å². The van der Waals surface area contributed by atoms with Crippen molar-refractivity contribution in [1.29, 1.82) is 0 Å². The number of nitrogens with zero attached hydrogens (tertiary/aromatic N) is 3. The molecule has 0 spiro atoms. The zero-order valence-electron chi connectivity index (χ0n) is 8.46. The second-order valence-corrected chi connectivity index (χ2v) is 3.57. The molecule has 2 heterocycles. The molecule has 0 saturated heterocycles. The third-order valence-corrected chi connectivity index (χ3v) is 2.67. The highest BCUT2D eigenvalue weighted by Gasteiger charge is 2.05. The van der Waals surface area contributed by atoms with Crippen molar-refractivity contribution in [3.05, 3.63) is 48.8 Å². The van der Waals surface area contributed by atoms with Crippen LogP contribution in [-0.2, 0) is 7.05 Å². The van der Waals surface area contributed by atoms with E-state index in [9.17, 15) is 0 Å². The van der Waals surface area contributed by atoms with Crippen LogP contribution < -0.4 is 0 Å². The lowest BCUT2D eigenvalue weighted by molar-refractivity contribution is 0.788. The number of hydrogen-bond acceptors (Lipinski definition) is 1. The van der Waals surface area contributed by atoms with Crippen LogP contribution in [0.4, 0.5) is 0 Å². The quantitative estimate of drug-likeness (QED) is 0.587. The van der Waals surface area contributed by atoms with Gasteiger partial charge in [-0.2, -0.15) is 5.10 Å². The summed E-state index contributed by atoms with van der Waals surface area (Å²) in [5.74, 6) is 1.08. The minimum Gasteiger partial charge on any atom is -0.329 e. The fourth-order valence-corrected chi connectivity index (χ4v) is 1.90. The van der Waals surface area contributed by atoms with E-state index < -0.39 is 0 Å². The first-order valence-electron chi connectivity index (χ1n) is 4.91. The molecule has 15 heavy (non-hydrogen) atoms. The Hall–Kier alpha value is -2.03. The molecule has 0 fully saturated rings. The second kappa shape index (κ2) is 2.98. The van der Waals surface area contributed by atoms with Gasteiger partial charge < -0.3 is 4.57 Å². The monoisotopic (exact) mass is 197 g/mol. The zero-order valence-corrected chi connectivity index (χ0v) is 8.46. The third kappa shape index (κ3) is 1.16. The maximum atomic E-state index is 4.24. The number of aryl methyl sites for hydroxylation is 1. The van der Waals surface area contributed by atoms with Gasteiger partial charge in [0.2, 0.25) is 0 Å². The predicted molar refractivity (Wildman–Crippen MR) is 60.0 cm³/mol. The average molecular weight is 197 g/mol. The molecule has 0 aliphatic heterocycles. The molecule has 1 aromatic carbocycles. The first kappa shape index (κ1) is 8.29. The van der Waals surface area contributed by atoms with Gasteiger partial charge in [0.1, 0.15) is 5.82 Å². The van der Waals surface area contributed by atoms with Crippen LogP contribution in [0, 0.1) is 0 Å². The maximum absolute atomic E-state index is 4.24. The summed E-state index contributed by atoms with van der Waals surface area (Å²) in [6, 6.07) is 12.4. The molecule has 0 atom stereocenters. The van der Waals surface area contributed by atoms with E-state index in [2.05, 4.69) is 47.0 Å². The Morgan fingerprint density at radius 2 is 2.00 bits per heavy atom. The van der Waals surface area contributed by atoms with E-state index in [0.717, 1.165) is 5.82 Å². The minimum absolute atomic E-state index is 1.08. The van der Waals surface area contributed by atoms with Gasteiger partial charge in [-0.15, -0.1) is 0 Å². The molecule has 3 aromatic rings. The lowest BCUT2D eigenvalue weighted by atomic mass is 10.2. The lowest BCUT2D eigenvalue weighted by Crippen LogP contribution is -2.01. The van der Waals surface area contributed by atoms with Crippen molar-refractivity contribution in [2.45, 2.75) is 0 Å². The number of fused-ring (bicyclic) bond motifs is 1. The fraction of sp³-hybridized carbons (Fsp3) is 0.0833. The van der Waals surface area contributed by atoms with E-state index in [0.29, 0.717) is 0 Å². The molecule has 2 aromatic heterocycles. The van der Waals surface area contributed by atoms with E-state index in [-0.39, 0.29) is 0 Å². The van der Waals surface area contributed by atoms with Gasteiger partial charge in [0.15, 0.2) is 0 Å². The number of hydrogen-bond donors (Lipinski definition) is 0. The first-order valence-corrected chi connectivity index (χ1v) is 4.91. The summed E-state index contributed by atoms with van der Waals surface area (Å²) in [5, 5.41) is 5.48. The van der Waals surface area contributed by atoms with Crippen molar-refractivity contribution in [3.8, 4) is 5.82 Å². The molecule has 3 nitrogen and oxygen atoms in total. The summed E-state index contributed by atoms with van der Waals surface area (Å²) < 4.78 is 4.02. The molecule has 74 valence electrons. The SMILES string of the molecule is Cn1c(-n2cccn2)cc2ccccc21. The Bertz CT molecular complexity index is 590. The molecule has 0 aliphatic rings. The largest absolute Gasteiger partial charge is 0.329 e. The molecule has 0 radical (unpaired) electrons. The zero-order chi connectivity index (χ0) is 10.3. The highest BCUT2D eigenvalue weighted by Crippen LogP contribution is 2.20. The van der Waals surface area contributed by atoms with Crippen molar-refractivity contribution in [1.82, 2.24) is 14.3 Å². The van der Waals surface area contributed by atoms with Crippen LogP contribution in [0.5, 0.6) is 0 Å². The molecule has 0 aliphatic carbocycles. The van der Waals surface area contributed by atoms with Gasteiger partial charge in [-0.1, -0.05) is 18.2 Å². The van der Waals surface area contributed by atoms with Gasteiger partial charge in [-0.3, -0.25) is 0 Å². The topological polar surface area (TPSA) is 22.8 Å². The Kier molecular flexibility index (Phi) is 1.65. The summed E-state index contributed by atoms with van der Waals surface area (Å²) in [5.41, 5.74) is 1.23. The molecular weight excluding hydrogens is 186 g/mol. The molecule has 0 unspecified atom stereocenters. The van der Waals surface area contributed by atoms with E-state index >= 15 is 0 Å². The van der Waals surface area contributed by atoms with Crippen molar-refractivity contribution in [3.63, 3.8) is 0 Å². The number of aromatic nitrogens is 3. The molecule has 0 saturated carbocycles. The minimum atomic E-state index is 1.08. The van der Waals surface area contributed by atoms with Crippen molar-refractivity contribution >= 4 is 10.9 Å². The Labute approximate surface area is 87.6 Å². The van der Waals surface area contributed by atoms with Gasteiger partial charge >= 0.3 is 0 Å². The Balaban J connectivity index is 2.33. The van der Waals surface area contributed by atoms with Crippen molar-refractivity contribution < 1.29 is 0 Å². The smallest absolute Gasteiger partial charge is 0.134 e. The summed E-state index contributed by atoms with van der Waals surface area (Å²) in [4.78, 5) is 0. The predicted octanol–water partition coefficient (Wildman–Crippen LogP) is 2.36. The Morgan fingerprint density at radius 3 is 2.73 bits per heavy atom. The van der Waals surface area contributed by atoms with Crippen LogP contribution in [0.1, 0.15) is 0 Å². The summed E-state index contributed by atoms with van der Waals surface area (Å²) in [7, 11) is 2.05. The molecule has 3 heteroatoms. The normalized spacial score (nSPS) is 11.0. The molecular formula is C12H11N3. The first-order chi connectivity index (χ1) is 7.36. The molecule has 3 rings (SSSR count). The molecule has 0 N–H and O–H groups in total.